The van der Waals surface area contributed by atoms with Gasteiger partial charge in [0.2, 0.25) is 0 Å². The first-order valence-corrected chi connectivity index (χ1v) is 8.30. The fourth-order valence-electron chi connectivity index (χ4n) is 4.34. The van der Waals surface area contributed by atoms with E-state index in [4.69, 9.17) is 9.47 Å². The lowest BCUT2D eigenvalue weighted by atomic mass is 9.74. The minimum Gasteiger partial charge on any atom is -0.481 e. The highest BCUT2D eigenvalue weighted by Crippen LogP contribution is 2.43. The number of aliphatic carboxylic acids is 1. The van der Waals surface area contributed by atoms with E-state index in [9.17, 15) is 9.90 Å². The second-order valence-corrected chi connectivity index (χ2v) is 7.56. The molecule has 0 unspecified atom stereocenters. The predicted octanol–water partition coefficient (Wildman–Crippen LogP) is 0.520. The molecule has 0 aromatic rings. The zero-order valence-corrected chi connectivity index (χ0v) is 13.7. The minimum absolute atomic E-state index is 0.0395. The molecule has 6 nitrogen and oxygen atoms in total. The number of ether oxygens (including phenoxy) is 2. The molecular weight excluding hydrogens is 284 g/mol. The quantitative estimate of drug-likeness (QED) is 0.817. The van der Waals surface area contributed by atoms with E-state index in [0.29, 0.717) is 26.2 Å². The highest BCUT2D eigenvalue weighted by molar-refractivity contribution is 5.76. The fourth-order valence-corrected chi connectivity index (χ4v) is 4.34. The van der Waals surface area contributed by atoms with Crippen molar-refractivity contribution < 1.29 is 19.4 Å². The van der Waals surface area contributed by atoms with Crippen LogP contribution in [-0.4, -0.2) is 85.6 Å². The fraction of sp³-hybridized carbons (Fsp3) is 0.938. The average Bonchev–Trinajstić information content (AvgIpc) is 2.86. The number of carbonyl (C=O) groups is 1. The van der Waals surface area contributed by atoms with Crippen molar-refractivity contribution in [2.45, 2.75) is 25.8 Å². The molecule has 3 saturated heterocycles. The van der Waals surface area contributed by atoms with Gasteiger partial charge in [-0.15, -0.1) is 0 Å². The third-order valence-corrected chi connectivity index (χ3v) is 5.68. The van der Waals surface area contributed by atoms with E-state index in [1.807, 2.05) is 0 Å². The summed E-state index contributed by atoms with van der Waals surface area (Å²) in [4.78, 5) is 16.7. The summed E-state index contributed by atoms with van der Waals surface area (Å²) < 4.78 is 11.0. The lowest BCUT2D eigenvalue weighted by Gasteiger charge is -2.43. The third kappa shape index (κ3) is 2.89. The Morgan fingerprint density at radius 2 is 2.00 bits per heavy atom. The minimum atomic E-state index is -0.646. The van der Waals surface area contributed by atoms with Crippen LogP contribution in [0, 0.1) is 11.3 Å². The van der Waals surface area contributed by atoms with E-state index in [0.717, 1.165) is 39.4 Å². The highest BCUT2D eigenvalue weighted by atomic mass is 16.5. The molecule has 0 radical (unpaired) electrons. The second kappa shape index (κ2) is 6.07. The van der Waals surface area contributed by atoms with Crippen LogP contribution in [0.1, 0.15) is 20.3 Å². The Morgan fingerprint density at radius 3 is 2.64 bits per heavy atom. The average molecular weight is 312 g/mol. The first kappa shape index (κ1) is 16.2. The molecule has 3 heterocycles. The van der Waals surface area contributed by atoms with E-state index in [1.54, 1.807) is 0 Å². The van der Waals surface area contributed by atoms with Crippen molar-refractivity contribution in [3.8, 4) is 0 Å². The molecule has 0 aromatic heterocycles. The number of nitrogens with zero attached hydrogens (tertiary/aromatic N) is 2. The van der Waals surface area contributed by atoms with E-state index in [-0.39, 0.29) is 11.5 Å². The largest absolute Gasteiger partial charge is 0.481 e. The van der Waals surface area contributed by atoms with Crippen molar-refractivity contribution in [3.05, 3.63) is 0 Å². The van der Waals surface area contributed by atoms with Gasteiger partial charge in [-0.25, -0.2) is 0 Å². The molecule has 0 bridgehead atoms. The van der Waals surface area contributed by atoms with Crippen LogP contribution in [0.4, 0.5) is 0 Å². The maximum Gasteiger partial charge on any atom is 0.311 e. The van der Waals surface area contributed by atoms with Crippen LogP contribution >= 0.6 is 0 Å². The van der Waals surface area contributed by atoms with Crippen LogP contribution in [0.3, 0.4) is 0 Å². The van der Waals surface area contributed by atoms with Gasteiger partial charge in [0.25, 0.3) is 0 Å². The monoisotopic (exact) mass is 312 g/mol. The Labute approximate surface area is 132 Å². The maximum absolute atomic E-state index is 11.9. The van der Waals surface area contributed by atoms with Gasteiger partial charge in [0.1, 0.15) is 0 Å². The molecule has 3 fully saturated rings. The van der Waals surface area contributed by atoms with Crippen LogP contribution in [0.15, 0.2) is 0 Å². The lowest BCUT2D eigenvalue weighted by molar-refractivity contribution is -0.157. The van der Waals surface area contributed by atoms with E-state index < -0.39 is 11.4 Å². The zero-order chi connectivity index (χ0) is 15.8. The zero-order valence-electron chi connectivity index (χ0n) is 13.7. The summed E-state index contributed by atoms with van der Waals surface area (Å²) in [6.45, 7) is 11.5. The highest BCUT2D eigenvalue weighted by Gasteiger charge is 2.54. The summed E-state index contributed by atoms with van der Waals surface area (Å²) in [5, 5.41) is 9.75. The van der Waals surface area contributed by atoms with Crippen molar-refractivity contribution in [2.24, 2.45) is 11.3 Å². The second-order valence-electron chi connectivity index (χ2n) is 7.56. The van der Waals surface area contributed by atoms with Gasteiger partial charge in [-0.1, -0.05) is 0 Å². The predicted molar refractivity (Wildman–Crippen MR) is 81.9 cm³/mol. The van der Waals surface area contributed by atoms with Gasteiger partial charge in [0.15, 0.2) is 0 Å². The molecule has 0 aliphatic carbocycles. The molecule has 126 valence electrons. The number of hydrogen-bond acceptors (Lipinski definition) is 5. The molecule has 6 heteroatoms. The first-order valence-electron chi connectivity index (χ1n) is 8.30. The van der Waals surface area contributed by atoms with Crippen molar-refractivity contribution in [1.29, 1.82) is 0 Å². The summed E-state index contributed by atoms with van der Waals surface area (Å²) in [5.74, 6) is -0.522. The maximum atomic E-state index is 11.9. The Kier molecular flexibility index (Phi) is 4.47. The summed E-state index contributed by atoms with van der Waals surface area (Å²) in [6, 6.07) is 0. The standard InChI is InChI=1S/C16H28N2O4/c1-15(2,18-4-7-21-8-5-18)11-17-9-13-10-22-6-3-16(13,12-17)14(19)20/h13H,3-12H2,1-2H3,(H,19,20)/t13-,16+/m1/s1. The molecule has 0 saturated carbocycles. The molecule has 2 atom stereocenters. The van der Waals surface area contributed by atoms with Crippen LogP contribution in [-0.2, 0) is 14.3 Å². The molecule has 0 amide bonds. The first-order chi connectivity index (χ1) is 10.4. The van der Waals surface area contributed by atoms with Gasteiger partial charge in [0.05, 0.1) is 25.2 Å². The summed E-state index contributed by atoms with van der Waals surface area (Å²) in [7, 11) is 0. The molecule has 3 rings (SSSR count). The molecular formula is C16H28N2O4. The van der Waals surface area contributed by atoms with Gasteiger partial charge < -0.3 is 14.6 Å². The third-order valence-electron chi connectivity index (χ3n) is 5.68. The molecule has 3 aliphatic heterocycles. The van der Waals surface area contributed by atoms with Gasteiger partial charge in [-0.3, -0.25) is 14.6 Å². The van der Waals surface area contributed by atoms with Gasteiger partial charge >= 0.3 is 5.97 Å². The topological polar surface area (TPSA) is 62.2 Å². The van der Waals surface area contributed by atoms with E-state index >= 15 is 0 Å². The molecule has 22 heavy (non-hydrogen) atoms. The Balaban J connectivity index is 1.67. The Hall–Kier alpha value is -0.690. The van der Waals surface area contributed by atoms with Crippen LogP contribution < -0.4 is 0 Å². The van der Waals surface area contributed by atoms with Gasteiger partial charge in [-0.2, -0.15) is 0 Å². The smallest absolute Gasteiger partial charge is 0.311 e. The van der Waals surface area contributed by atoms with Gasteiger partial charge in [0, 0.05) is 50.8 Å². The van der Waals surface area contributed by atoms with Crippen LogP contribution in [0.25, 0.3) is 0 Å². The van der Waals surface area contributed by atoms with Crippen molar-refractivity contribution in [3.63, 3.8) is 0 Å². The van der Waals surface area contributed by atoms with E-state index in [1.165, 1.54) is 0 Å². The van der Waals surface area contributed by atoms with Crippen LogP contribution in [0.5, 0.6) is 0 Å². The van der Waals surface area contributed by atoms with Crippen molar-refractivity contribution in [1.82, 2.24) is 9.80 Å². The number of hydrogen-bond donors (Lipinski definition) is 1. The van der Waals surface area contributed by atoms with E-state index in [2.05, 4.69) is 23.6 Å². The van der Waals surface area contributed by atoms with Crippen molar-refractivity contribution >= 4 is 5.97 Å². The SMILES string of the molecule is CC(C)(CN1C[C@@H]2COCC[C@]2(C(=O)O)C1)N1CCOCC1. The number of carboxylic acid groups (broad SMARTS) is 1. The van der Waals surface area contributed by atoms with Crippen LogP contribution in [0.2, 0.25) is 0 Å². The lowest BCUT2D eigenvalue weighted by Crippen LogP contribution is -2.55. The normalized spacial score (nSPS) is 34.5. The van der Waals surface area contributed by atoms with Gasteiger partial charge in [-0.05, 0) is 20.3 Å². The number of fused-ring (bicyclic) bond motifs is 1. The Bertz CT molecular complexity index is 422. The summed E-state index contributed by atoms with van der Waals surface area (Å²) in [5.41, 5.74) is -0.558. The van der Waals surface area contributed by atoms with Crippen molar-refractivity contribution in [2.75, 3.05) is 59.2 Å². The molecule has 0 aromatic carbocycles. The molecule has 1 N–H and O–H groups in total. The molecule has 0 spiro atoms. The Morgan fingerprint density at radius 1 is 1.27 bits per heavy atom. The number of rotatable bonds is 4. The molecule has 3 aliphatic rings. The summed E-state index contributed by atoms with van der Waals surface area (Å²) in [6.07, 6.45) is 0.640. The summed E-state index contributed by atoms with van der Waals surface area (Å²) >= 11 is 0. The number of likely N-dealkylation sites (tertiary alicyclic amines) is 1. The number of carboxylic acids is 1. The number of morpholine rings is 1.